The third-order valence-electron chi connectivity index (χ3n) is 0. The van der Waals surface area contributed by atoms with Gasteiger partial charge in [-0.2, -0.15) is 0 Å². The molecule has 11 heteroatoms. The summed E-state index contributed by atoms with van der Waals surface area (Å²) in [4.78, 5) is 45.3. The van der Waals surface area contributed by atoms with Gasteiger partial charge in [0.05, 0.1) is 0 Å². The van der Waals surface area contributed by atoms with Gasteiger partial charge in [0, 0.05) is 0 Å². The Morgan fingerprint density at radius 3 is 0.727 bits per heavy atom. The average molecular weight is 270 g/mol. The van der Waals surface area contributed by atoms with Crippen molar-refractivity contribution in [3.63, 3.8) is 0 Å². The summed E-state index contributed by atoms with van der Waals surface area (Å²) in [5.41, 5.74) is 0. The molecule has 0 radical (unpaired) electrons. The van der Waals surface area contributed by atoms with Crippen LogP contribution in [-0.4, -0.2) is 67.1 Å². The van der Waals surface area contributed by atoms with E-state index in [0.29, 0.717) is 0 Å². The topological polar surface area (TPSA) is 121 Å². The Morgan fingerprint density at radius 2 is 0.727 bits per heavy atom. The van der Waals surface area contributed by atoms with Gasteiger partial charge in [-0.25, -0.2) is 0 Å². The third kappa shape index (κ3) is 244. The molecule has 0 aliphatic heterocycles. The summed E-state index contributed by atoms with van der Waals surface area (Å²) in [5, 5.41) is 0. The van der Waals surface area contributed by atoms with Crippen LogP contribution in [0.25, 0.3) is 0 Å². The summed E-state index contributed by atoms with van der Waals surface area (Å²) in [6.07, 6.45) is 0. The van der Waals surface area contributed by atoms with Crippen molar-refractivity contribution in [2.45, 2.75) is 0 Å². The second kappa shape index (κ2) is 7.70. The number of rotatable bonds is 0. The molecular weight excluding hydrogens is 262 g/mol. The zero-order valence-corrected chi connectivity index (χ0v) is 10.7. The van der Waals surface area contributed by atoms with Gasteiger partial charge in [-0.1, -0.05) is 0 Å². The number of hydrogen-bond donors (Lipinski definition) is 6. The van der Waals surface area contributed by atoms with E-state index in [-0.39, 0.29) is 40.6 Å². The van der Waals surface area contributed by atoms with Crippen molar-refractivity contribution < 1.29 is 32.2 Å². The van der Waals surface area contributed by atoms with Crippen molar-refractivity contribution in [3.8, 4) is 0 Å². The van der Waals surface area contributed by atoms with Crippen LogP contribution < -0.4 is 0 Å². The normalized spacial score (nSPS) is 10.7. The molecule has 0 spiro atoms. The van der Waals surface area contributed by atoms with Gasteiger partial charge in [0.2, 0.25) is 0 Å². The quantitative estimate of drug-likeness (QED) is 0.226. The Balaban J connectivity index is -0.0000000267. The van der Waals surface area contributed by atoms with Gasteiger partial charge in [-0.3, -0.25) is 0 Å². The molecular formula is H8CaO6P2S2. The van der Waals surface area contributed by atoms with E-state index in [4.69, 9.17) is 29.4 Å². The second-order valence-corrected chi connectivity index (χ2v) is 6.02. The zero-order valence-electron chi connectivity index (χ0n) is 7.10. The van der Waals surface area contributed by atoms with Crippen LogP contribution in [0, 0.1) is 0 Å². The molecule has 11 heavy (non-hydrogen) atoms. The molecule has 6 nitrogen and oxygen atoms in total. The molecule has 68 valence electrons. The maximum Gasteiger partial charge on any atom is 2.00 e. The first-order valence-corrected chi connectivity index (χ1v) is 6.89. The summed E-state index contributed by atoms with van der Waals surface area (Å²) in [6.45, 7) is -7.61. The standard InChI is InChI=1S/Ca.2H3O3PS.2H/c;2*1-4(2,3)5;;/h;2*(H3,1,2,3,5);;/q+2;;;2*-1. The largest absolute Gasteiger partial charge is 2.00 e. The molecule has 0 aromatic heterocycles. The third-order valence-corrected chi connectivity index (χ3v) is 0. The summed E-state index contributed by atoms with van der Waals surface area (Å²) in [6, 6.07) is 0. The minimum absolute atomic E-state index is 0. The van der Waals surface area contributed by atoms with Crippen molar-refractivity contribution in [3.05, 3.63) is 0 Å². The summed E-state index contributed by atoms with van der Waals surface area (Å²) in [5.74, 6) is 0. The Labute approximate surface area is 106 Å². The maximum atomic E-state index is 7.56. The Bertz CT molecular complexity index is 139. The minimum atomic E-state index is -3.81. The summed E-state index contributed by atoms with van der Waals surface area (Å²) >= 11 is 7.21. The first-order valence-electron chi connectivity index (χ1n) is 1.57. The van der Waals surface area contributed by atoms with Crippen molar-refractivity contribution in [2.24, 2.45) is 0 Å². The van der Waals surface area contributed by atoms with Crippen molar-refractivity contribution >= 4 is 74.8 Å². The summed E-state index contributed by atoms with van der Waals surface area (Å²) in [7, 11) is 0. The molecule has 6 N–H and O–H groups in total. The van der Waals surface area contributed by atoms with E-state index in [1.165, 1.54) is 0 Å². The predicted octanol–water partition coefficient (Wildman–Crippen LogP) is -1.78. The molecule has 0 aromatic carbocycles. The molecule has 0 amide bonds. The molecule has 0 aliphatic rings. The fourth-order valence-corrected chi connectivity index (χ4v) is 0. The van der Waals surface area contributed by atoms with E-state index in [9.17, 15) is 0 Å². The zero-order chi connectivity index (χ0) is 9.00. The Hall–Kier alpha value is 2.32. The van der Waals surface area contributed by atoms with Gasteiger partial charge in [-0.05, 0) is 23.6 Å². The van der Waals surface area contributed by atoms with E-state index in [1.807, 2.05) is 0 Å². The molecule has 0 aromatic rings. The SMILES string of the molecule is OP(O)(O)=S.OP(O)(O)=S.[Ca+2].[H-].[H-]. The summed E-state index contributed by atoms with van der Waals surface area (Å²) < 4.78 is 0. The van der Waals surface area contributed by atoms with Crippen LogP contribution in [0.3, 0.4) is 0 Å². The average Bonchev–Trinajstić information content (AvgIpc) is 1.12. The molecule has 0 rings (SSSR count). The van der Waals surface area contributed by atoms with Gasteiger partial charge >= 0.3 is 51.2 Å². The first kappa shape index (κ1) is 19.0. The molecule has 0 saturated heterocycles. The van der Waals surface area contributed by atoms with Crippen LogP contribution in [-0.2, 0) is 23.6 Å². The van der Waals surface area contributed by atoms with E-state index in [0.717, 1.165) is 0 Å². The van der Waals surface area contributed by atoms with Crippen LogP contribution in [0.5, 0.6) is 0 Å². The van der Waals surface area contributed by atoms with Crippen molar-refractivity contribution in [1.29, 1.82) is 0 Å². The van der Waals surface area contributed by atoms with E-state index in [2.05, 4.69) is 23.6 Å². The van der Waals surface area contributed by atoms with E-state index < -0.39 is 13.4 Å². The van der Waals surface area contributed by atoms with Crippen LogP contribution in [0.2, 0.25) is 0 Å². The van der Waals surface area contributed by atoms with Crippen LogP contribution >= 0.6 is 13.4 Å². The van der Waals surface area contributed by atoms with Crippen molar-refractivity contribution in [1.82, 2.24) is 0 Å². The fraction of sp³-hybridized carbons (Fsp3) is 0. The predicted molar refractivity (Wildman–Crippen MR) is 49.9 cm³/mol. The minimum Gasteiger partial charge on any atom is -1.00 e. The molecule has 0 heterocycles. The fourth-order valence-electron chi connectivity index (χ4n) is 0. The Kier molecular flexibility index (Phi) is 13.3. The van der Waals surface area contributed by atoms with E-state index >= 15 is 0 Å². The second-order valence-electron chi connectivity index (χ2n) is 1.03. The maximum absolute atomic E-state index is 7.56. The van der Waals surface area contributed by atoms with Crippen LogP contribution in [0.1, 0.15) is 2.85 Å². The molecule has 0 aliphatic carbocycles. The molecule has 0 bridgehead atoms. The smallest absolute Gasteiger partial charge is 1.00 e. The molecule has 0 saturated carbocycles. The Morgan fingerprint density at radius 1 is 0.727 bits per heavy atom. The van der Waals surface area contributed by atoms with Gasteiger partial charge in [0.15, 0.2) is 0 Å². The van der Waals surface area contributed by atoms with Gasteiger partial charge in [0.25, 0.3) is 0 Å². The van der Waals surface area contributed by atoms with Gasteiger partial charge in [-0.15, -0.1) is 0 Å². The van der Waals surface area contributed by atoms with Gasteiger partial charge in [0.1, 0.15) is 0 Å². The first-order chi connectivity index (χ1) is 4.00. The molecule has 0 fully saturated rings. The number of hydrogen-bond acceptors (Lipinski definition) is 2. The van der Waals surface area contributed by atoms with Crippen LogP contribution in [0.15, 0.2) is 0 Å². The van der Waals surface area contributed by atoms with Crippen LogP contribution in [0.4, 0.5) is 0 Å². The van der Waals surface area contributed by atoms with E-state index in [1.54, 1.807) is 0 Å². The monoisotopic (exact) mass is 270 g/mol. The van der Waals surface area contributed by atoms with Crippen molar-refractivity contribution in [2.75, 3.05) is 0 Å². The molecule has 0 unspecified atom stereocenters. The van der Waals surface area contributed by atoms with Gasteiger partial charge < -0.3 is 32.2 Å². The molecule has 0 atom stereocenters.